The molecule has 0 fully saturated rings. The molecule has 7 nitrogen and oxygen atoms in total. The first-order chi connectivity index (χ1) is 15.7. The number of anilines is 1. The van der Waals surface area contributed by atoms with Crippen molar-refractivity contribution in [3.8, 4) is 0 Å². The summed E-state index contributed by atoms with van der Waals surface area (Å²) in [4.78, 5) is 39.8. The topological polar surface area (TPSA) is 90.9 Å². The van der Waals surface area contributed by atoms with E-state index in [-0.39, 0.29) is 16.4 Å². The average molecular weight is 506 g/mol. The van der Waals surface area contributed by atoms with Gasteiger partial charge in [0.25, 0.3) is 0 Å². The molecule has 1 aromatic rings. The maximum atomic E-state index is 12.8. The molecule has 0 radical (unpaired) electrons. The summed E-state index contributed by atoms with van der Waals surface area (Å²) in [5.41, 5.74) is 2.28. The van der Waals surface area contributed by atoms with Crippen molar-refractivity contribution >= 4 is 64.5 Å². The highest BCUT2D eigenvalue weighted by atomic mass is 32.2. The van der Waals surface area contributed by atoms with Crippen LogP contribution < -0.4 is 5.32 Å². The fraction of sp³-hybridized carbons (Fsp3) is 0.348. The third kappa shape index (κ3) is 3.98. The summed E-state index contributed by atoms with van der Waals surface area (Å²) < 4.78 is 14.3. The van der Waals surface area contributed by atoms with Gasteiger partial charge >= 0.3 is 17.9 Å². The van der Waals surface area contributed by atoms with E-state index < -0.39 is 27.5 Å². The normalized spacial score (nSPS) is 19.8. The Bertz CT molecular complexity index is 1120. The van der Waals surface area contributed by atoms with Gasteiger partial charge in [-0.25, -0.2) is 14.4 Å². The molecule has 10 heteroatoms. The number of carbonyl (C=O) groups excluding carboxylic acids is 3. The Morgan fingerprint density at radius 1 is 0.970 bits per heavy atom. The van der Waals surface area contributed by atoms with Crippen molar-refractivity contribution in [2.24, 2.45) is 0 Å². The summed E-state index contributed by atoms with van der Waals surface area (Å²) in [6.07, 6.45) is 1.79. The van der Waals surface area contributed by atoms with E-state index in [2.05, 4.69) is 5.32 Å². The van der Waals surface area contributed by atoms with E-state index in [1.54, 1.807) is 13.0 Å². The molecule has 174 valence electrons. The zero-order chi connectivity index (χ0) is 24.0. The molecule has 0 unspecified atom stereocenters. The predicted molar refractivity (Wildman–Crippen MR) is 132 cm³/mol. The van der Waals surface area contributed by atoms with Gasteiger partial charge in [0, 0.05) is 21.7 Å². The van der Waals surface area contributed by atoms with Crippen LogP contribution in [0, 0.1) is 0 Å². The van der Waals surface area contributed by atoms with E-state index in [4.69, 9.17) is 14.2 Å². The van der Waals surface area contributed by atoms with Gasteiger partial charge in [-0.1, -0.05) is 53.5 Å². The van der Waals surface area contributed by atoms with Gasteiger partial charge in [-0.15, -0.1) is 0 Å². The molecule has 4 rings (SSSR count). The summed E-state index contributed by atoms with van der Waals surface area (Å²) >= 11 is 3.74. The summed E-state index contributed by atoms with van der Waals surface area (Å²) in [5.74, 6) is -1.70. The third-order valence-electron chi connectivity index (χ3n) is 5.25. The number of para-hydroxylation sites is 1. The van der Waals surface area contributed by atoms with Crippen LogP contribution in [0.15, 0.2) is 50.0 Å². The fourth-order valence-corrected chi connectivity index (χ4v) is 8.63. The lowest BCUT2D eigenvalue weighted by Gasteiger charge is -2.44. The Kier molecular flexibility index (Phi) is 6.36. The van der Waals surface area contributed by atoms with Crippen LogP contribution in [0.2, 0.25) is 0 Å². The Balaban J connectivity index is 1.96. The number of hydrogen-bond acceptors (Lipinski definition) is 10. The van der Waals surface area contributed by atoms with Crippen LogP contribution in [0.3, 0.4) is 0 Å². The largest absolute Gasteiger partial charge is 0.465 e. The monoisotopic (exact) mass is 505 g/mol. The zero-order valence-electron chi connectivity index (χ0n) is 18.8. The molecule has 0 saturated carbocycles. The number of benzene rings is 1. The molecule has 1 spiro atoms. The molecule has 0 amide bonds. The van der Waals surface area contributed by atoms with Crippen LogP contribution in [0.5, 0.6) is 0 Å². The zero-order valence-corrected chi connectivity index (χ0v) is 21.2. The molecule has 33 heavy (non-hydrogen) atoms. The minimum atomic E-state index is -0.967. The molecule has 1 aromatic carbocycles. The summed E-state index contributed by atoms with van der Waals surface area (Å²) in [6, 6.07) is 7.87. The van der Waals surface area contributed by atoms with E-state index in [0.29, 0.717) is 4.91 Å². The number of methoxy groups -OCH3 is 2. The van der Waals surface area contributed by atoms with Gasteiger partial charge in [-0.05, 0) is 32.9 Å². The van der Waals surface area contributed by atoms with Crippen molar-refractivity contribution in [3.63, 3.8) is 0 Å². The van der Waals surface area contributed by atoms with Gasteiger partial charge in [0.15, 0.2) is 0 Å². The Morgan fingerprint density at radius 2 is 1.58 bits per heavy atom. The van der Waals surface area contributed by atoms with Gasteiger partial charge in [0.1, 0.15) is 13.9 Å². The number of nitrogens with one attached hydrogen (secondary N) is 1. The summed E-state index contributed by atoms with van der Waals surface area (Å²) in [7, 11) is 2.54. The molecular weight excluding hydrogens is 482 g/mol. The number of hydrogen-bond donors (Lipinski definition) is 1. The molecule has 3 aliphatic rings. The lowest BCUT2D eigenvalue weighted by Crippen LogP contribution is -2.40. The lowest BCUT2D eigenvalue weighted by atomic mass is 9.87. The van der Waals surface area contributed by atoms with Crippen LogP contribution >= 0.6 is 35.3 Å². The van der Waals surface area contributed by atoms with Crippen molar-refractivity contribution in [1.82, 2.24) is 0 Å². The second-order valence-electron chi connectivity index (χ2n) is 7.84. The van der Waals surface area contributed by atoms with Gasteiger partial charge in [-0.2, -0.15) is 0 Å². The Morgan fingerprint density at radius 3 is 2.15 bits per heavy atom. The van der Waals surface area contributed by atoms with Crippen LogP contribution in [-0.2, 0) is 28.6 Å². The first-order valence-electron chi connectivity index (χ1n) is 10.2. The minimum absolute atomic E-state index is 0.154. The highest BCUT2D eigenvalue weighted by molar-refractivity contribution is 8.26. The van der Waals surface area contributed by atoms with Crippen molar-refractivity contribution in [1.29, 1.82) is 0 Å². The number of carbonyl (C=O) groups is 3. The lowest BCUT2D eigenvalue weighted by molar-refractivity contribution is -0.138. The van der Waals surface area contributed by atoms with E-state index >= 15 is 0 Å². The number of fused-ring (bicyclic) bond motifs is 3. The van der Waals surface area contributed by atoms with E-state index in [9.17, 15) is 14.4 Å². The second-order valence-corrected chi connectivity index (χ2v) is 11.7. The first kappa shape index (κ1) is 23.8. The molecule has 0 atom stereocenters. The maximum Gasteiger partial charge on any atom is 0.345 e. The molecular formula is C23H23NO6S3. The highest BCUT2D eigenvalue weighted by Crippen LogP contribution is 2.67. The highest BCUT2D eigenvalue weighted by Gasteiger charge is 2.54. The molecule has 3 heterocycles. The molecule has 3 aliphatic heterocycles. The van der Waals surface area contributed by atoms with Crippen LogP contribution in [-0.4, -0.2) is 48.4 Å². The second kappa shape index (κ2) is 8.81. The van der Waals surface area contributed by atoms with Crippen molar-refractivity contribution in [3.05, 3.63) is 55.5 Å². The minimum Gasteiger partial charge on any atom is -0.465 e. The van der Waals surface area contributed by atoms with Gasteiger partial charge in [0.05, 0.1) is 31.3 Å². The Hall–Kier alpha value is -2.30. The van der Waals surface area contributed by atoms with Crippen LogP contribution in [0.25, 0.3) is 5.57 Å². The Labute approximate surface area is 204 Å². The van der Waals surface area contributed by atoms with Gasteiger partial charge in [-0.3, -0.25) is 0 Å². The van der Waals surface area contributed by atoms with Crippen LogP contribution in [0.1, 0.15) is 26.3 Å². The van der Waals surface area contributed by atoms with E-state index in [0.717, 1.165) is 21.7 Å². The quantitative estimate of drug-likeness (QED) is 0.465. The number of ether oxygens (including phenoxy) is 3. The van der Waals surface area contributed by atoms with Gasteiger partial charge < -0.3 is 19.5 Å². The van der Waals surface area contributed by atoms with E-state index in [1.165, 1.54) is 49.5 Å². The van der Waals surface area contributed by atoms with Gasteiger partial charge in [0.2, 0.25) is 0 Å². The van der Waals surface area contributed by atoms with Crippen LogP contribution in [0.4, 0.5) is 5.69 Å². The molecule has 1 N–H and O–H groups in total. The molecule has 0 aliphatic carbocycles. The third-order valence-corrected chi connectivity index (χ3v) is 9.70. The maximum absolute atomic E-state index is 12.8. The molecule has 0 bridgehead atoms. The van der Waals surface area contributed by atoms with Crippen molar-refractivity contribution < 1.29 is 28.6 Å². The fourth-order valence-electron chi connectivity index (χ4n) is 3.88. The average Bonchev–Trinajstić information content (AvgIpc) is 3.17. The first-order valence-corrected chi connectivity index (χ1v) is 12.6. The van der Waals surface area contributed by atoms with Crippen molar-refractivity contribution in [2.45, 2.75) is 30.4 Å². The molecule has 0 saturated heterocycles. The number of rotatable bonds is 4. The molecule has 0 aromatic heterocycles. The number of thioether (sulfide) groups is 3. The summed E-state index contributed by atoms with van der Waals surface area (Å²) in [6.45, 7) is 6.06. The van der Waals surface area contributed by atoms with E-state index in [1.807, 2.05) is 38.1 Å². The number of esters is 3. The standard InChI is InChI=1S/C23H23NO6S3/c1-6-30-19(25)14-11-23(32-16(20(26)28-4)17(33-23)21(27)29-5)15-12-9-7-8-10-13(12)24-22(2,3)18(15)31-14/h7-11,24H,6H2,1-5H3. The smallest absolute Gasteiger partial charge is 0.345 e. The predicted octanol–water partition coefficient (Wildman–Crippen LogP) is 4.53. The SMILES string of the molecule is CCOC(=O)C1=CC2(SC(C(=O)OC)=C(C(=O)OC)S2)C2=C(S1)C(C)(C)Nc1ccccc12. The summed E-state index contributed by atoms with van der Waals surface area (Å²) in [5, 5.41) is 3.55. The van der Waals surface area contributed by atoms with Crippen molar-refractivity contribution in [2.75, 3.05) is 26.1 Å².